The van der Waals surface area contributed by atoms with Crippen molar-refractivity contribution in [3.8, 4) is 0 Å². The molecule has 0 aliphatic carbocycles. The van der Waals surface area contributed by atoms with Gasteiger partial charge in [0, 0.05) is 19.5 Å². The van der Waals surface area contributed by atoms with Gasteiger partial charge in [0.05, 0.1) is 12.7 Å². The summed E-state index contributed by atoms with van der Waals surface area (Å²) in [5.41, 5.74) is 3.34. The Labute approximate surface area is 134 Å². The van der Waals surface area contributed by atoms with Gasteiger partial charge in [0.15, 0.2) is 0 Å². The van der Waals surface area contributed by atoms with Crippen molar-refractivity contribution in [2.45, 2.75) is 25.7 Å². The molecule has 0 fully saturated rings. The molecule has 0 saturated carbocycles. The lowest BCUT2D eigenvalue weighted by Gasteiger charge is -2.25. The third-order valence-electron chi connectivity index (χ3n) is 3.90. The van der Waals surface area contributed by atoms with Gasteiger partial charge in [0.1, 0.15) is 5.82 Å². The van der Waals surface area contributed by atoms with Crippen molar-refractivity contribution in [2.75, 3.05) is 6.54 Å². The smallest absolute Gasteiger partial charge is 0.315 e. The van der Waals surface area contributed by atoms with E-state index in [1.807, 2.05) is 12.1 Å². The number of nitrogens with one attached hydrogen (secondary N) is 2. The number of hydrogen-bond donors (Lipinski definition) is 2. The summed E-state index contributed by atoms with van der Waals surface area (Å²) >= 11 is 0. The van der Waals surface area contributed by atoms with E-state index in [2.05, 4.69) is 22.8 Å². The highest BCUT2D eigenvalue weighted by Gasteiger charge is 2.19. The SMILES string of the molecule is O=C(NCc1ccc(F)cc1)NCC1Cc2ccccc2CO1. The lowest BCUT2D eigenvalue weighted by Crippen LogP contribution is -2.41. The normalized spacial score (nSPS) is 16.5. The van der Waals surface area contributed by atoms with Crippen molar-refractivity contribution in [3.63, 3.8) is 0 Å². The Morgan fingerprint density at radius 2 is 1.83 bits per heavy atom. The van der Waals surface area contributed by atoms with Crippen molar-refractivity contribution in [2.24, 2.45) is 0 Å². The van der Waals surface area contributed by atoms with E-state index >= 15 is 0 Å². The van der Waals surface area contributed by atoms with Crippen LogP contribution in [0.3, 0.4) is 0 Å². The molecule has 23 heavy (non-hydrogen) atoms. The Bertz CT molecular complexity index is 673. The second-order valence-corrected chi connectivity index (χ2v) is 5.60. The molecule has 1 aliphatic heterocycles. The number of carbonyl (C=O) groups excluding carboxylic acids is 1. The Kier molecular flexibility index (Phi) is 4.88. The minimum atomic E-state index is -0.284. The molecule has 2 aromatic rings. The lowest BCUT2D eigenvalue weighted by molar-refractivity contribution is 0.0305. The summed E-state index contributed by atoms with van der Waals surface area (Å²) in [4.78, 5) is 11.8. The zero-order chi connectivity index (χ0) is 16.1. The maximum Gasteiger partial charge on any atom is 0.315 e. The van der Waals surface area contributed by atoms with Gasteiger partial charge in [-0.25, -0.2) is 9.18 Å². The van der Waals surface area contributed by atoms with Crippen LogP contribution in [0, 0.1) is 5.82 Å². The third kappa shape index (κ3) is 4.29. The molecule has 3 rings (SSSR count). The van der Waals surface area contributed by atoms with Crippen molar-refractivity contribution in [3.05, 3.63) is 71.0 Å². The van der Waals surface area contributed by atoms with E-state index in [9.17, 15) is 9.18 Å². The molecular weight excluding hydrogens is 295 g/mol. The van der Waals surface area contributed by atoms with Gasteiger partial charge in [-0.1, -0.05) is 36.4 Å². The number of hydrogen-bond acceptors (Lipinski definition) is 2. The van der Waals surface area contributed by atoms with Crippen LogP contribution in [0.2, 0.25) is 0 Å². The van der Waals surface area contributed by atoms with E-state index < -0.39 is 0 Å². The topological polar surface area (TPSA) is 50.4 Å². The average molecular weight is 314 g/mol. The molecule has 0 bridgehead atoms. The van der Waals surface area contributed by atoms with Crippen LogP contribution in [-0.4, -0.2) is 18.7 Å². The van der Waals surface area contributed by atoms with E-state index in [0.717, 1.165) is 12.0 Å². The summed E-state index contributed by atoms with van der Waals surface area (Å²) in [6.45, 7) is 1.41. The summed E-state index contributed by atoms with van der Waals surface area (Å²) < 4.78 is 18.6. The number of rotatable bonds is 4. The third-order valence-corrected chi connectivity index (χ3v) is 3.90. The van der Waals surface area contributed by atoms with Gasteiger partial charge >= 0.3 is 6.03 Å². The maximum atomic E-state index is 12.8. The van der Waals surface area contributed by atoms with Crippen molar-refractivity contribution in [1.29, 1.82) is 0 Å². The Morgan fingerprint density at radius 3 is 2.61 bits per heavy atom. The van der Waals surface area contributed by atoms with Crippen molar-refractivity contribution in [1.82, 2.24) is 10.6 Å². The molecule has 1 atom stereocenters. The van der Waals surface area contributed by atoms with Gasteiger partial charge in [0.2, 0.25) is 0 Å². The van der Waals surface area contributed by atoms with E-state index in [4.69, 9.17) is 4.74 Å². The quantitative estimate of drug-likeness (QED) is 0.912. The molecule has 2 aromatic carbocycles. The highest BCUT2D eigenvalue weighted by atomic mass is 19.1. The predicted molar refractivity (Wildman–Crippen MR) is 85.4 cm³/mol. The summed E-state index contributed by atoms with van der Waals surface area (Å²) in [5, 5.41) is 5.56. The molecule has 1 heterocycles. The highest BCUT2D eigenvalue weighted by Crippen LogP contribution is 2.19. The lowest BCUT2D eigenvalue weighted by atomic mass is 9.99. The maximum absolute atomic E-state index is 12.8. The highest BCUT2D eigenvalue weighted by molar-refractivity contribution is 5.73. The van der Waals surface area contributed by atoms with Gasteiger partial charge in [-0.3, -0.25) is 0 Å². The second kappa shape index (κ2) is 7.24. The Balaban J connectivity index is 1.42. The fourth-order valence-corrected chi connectivity index (χ4v) is 2.59. The van der Waals surface area contributed by atoms with Crippen LogP contribution in [0.25, 0.3) is 0 Å². The molecule has 5 heteroatoms. The predicted octanol–water partition coefficient (Wildman–Crippen LogP) is 2.77. The molecule has 0 aromatic heterocycles. The molecule has 4 nitrogen and oxygen atoms in total. The zero-order valence-corrected chi connectivity index (χ0v) is 12.7. The molecule has 1 unspecified atom stereocenters. The standard InChI is InChI=1S/C18H19FN2O2/c19-16-7-5-13(6-8-16)10-20-18(22)21-11-17-9-14-3-1-2-4-15(14)12-23-17/h1-8,17H,9-12H2,(H2,20,21,22). The van der Waals surface area contributed by atoms with Gasteiger partial charge in [0.25, 0.3) is 0 Å². The molecule has 0 radical (unpaired) electrons. The van der Waals surface area contributed by atoms with Crippen LogP contribution in [0.15, 0.2) is 48.5 Å². The summed E-state index contributed by atoms with van der Waals surface area (Å²) in [7, 11) is 0. The molecule has 0 saturated heterocycles. The van der Waals surface area contributed by atoms with E-state index in [1.165, 1.54) is 23.3 Å². The Morgan fingerprint density at radius 1 is 1.09 bits per heavy atom. The van der Waals surface area contributed by atoms with E-state index in [1.54, 1.807) is 12.1 Å². The fraction of sp³-hybridized carbons (Fsp3) is 0.278. The zero-order valence-electron chi connectivity index (χ0n) is 12.7. The summed E-state index contributed by atoms with van der Waals surface area (Å²) in [6.07, 6.45) is 0.787. The first-order valence-corrected chi connectivity index (χ1v) is 7.65. The summed E-state index contributed by atoms with van der Waals surface area (Å²) in [5.74, 6) is -0.284. The minimum absolute atomic E-state index is 0.0125. The van der Waals surface area contributed by atoms with Crippen molar-refractivity contribution < 1.29 is 13.9 Å². The van der Waals surface area contributed by atoms with Crippen molar-refractivity contribution >= 4 is 6.03 Å². The molecule has 2 amide bonds. The van der Waals surface area contributed by atoms with Gasteiger partial charge in [-0.15, -0.1) is 0 Å². The molecule has 2 N–H and O–H groups in total. The summed E-state index contributed by atoms with van der Waals surface area (Å²) in [6, 6.07) is 14.0. The van der Waals surface area contributed by atoms with E-state index in [0.29, 0.717) is 19.7 Å². The Hall–Kier alpha value is -2.40. The largest absolute Gasteiger partial charge is 0.371 e. The number of halogens is 1. The van der Waals surface area contributed by atoms with Crippen LogP contribution < -0.4 is 10.6 Å². The molecule has 120 valence electrons. The van der Waals surface area contributed by atoms with Gasteiger partial charge in [-0.05, 0) is 28.8 Å². The number of carbonyl (C=O) groups is 1. The van der Waals surface area contributed by atoms with Crippen LogP contribution >= 0.6 is 0 Å². The number of benzene rings is 2. The van der Waals surface area contributed by atoms with Gasteiger partial charge in [-0.2, -0.15) is 0 Å². The van der Waals surface area contributed by atoms with E-state index in [-0.39, 0.29) is 18.0 Å². The first-order valence-electron chi connectivity index (χ1n) is 7.65. The molecule has 0 spiro atoms. The molecule has 1 aliphatic rings. The number of amides is 2. The fourth-order valence-electron chi connectivity index (χ4n) is 2.59. The van der Waals surface area contributed by atoms with Crippen LogP contribution in [0.1, 0.15) is 16.7 Å². The number of ether oxygens (including phenoxy) is 1. The molecular formula is C18H19FN2O2. The van der Waals surface area contributed by atoms with Crippen LogP contribution in [-0.2, 0) is 24.3 Å². The van der Waals surface area contributed by atoms with Gasteiger partial charge < -0.3 is 15.4 Å². The first-order chi connectivity index (χ1) is 11.2. The number of fused-ring (bicyclic) bond motifs is 1. The van der Waals surface area contributed by atoms with Crippen LogP contribution in [0.5, 0.6) is 0 Å². The minimum Gasteiger partial charge on any atom is -0.371 e. The second-order valence-electron chi connectivity index (χ2n) is 5.60. The average Bonchev–Trinajstić information content (AvgIpc) is 2.59. The van der Waals surface area contributed by atoms with Crippen LogP contribution in [0.4, 0.5) is 9.18 Å². The number of urea groups is 1. The monoisotopic (exact) mass is 314 g/mol. The first kappa shape index (κ1) is 15.5.